The molecule has 1 saturated heterocycles. The van der Waals surface area contributed by atoms with Gasteiger partial charge in [0.25, 0.3) is 0 Å². The molecule has 184 valence electrons. The second kappa shape index (κ2) is 7.76. The molecule has 2 N–H and O–H groups in total. The number of hydrogen-bond donors (Lipinski definition) is 1. The molecule has 0 aromatic carbocycles. The van der Waals surface area contributed by atoms with Crippen LogP contribution in [0.5, 0.6) is 0 Å². The first-order valence-electron chi connectivity index (χ1n) is 11.2. The third-order valence-electron chi connectivity index (χ3n) is 7.19. The fraction of sp³-hybridized carbons (Fsp3) is 0.417. The van der Waals surface area contributed by atoms with Crippen LogP contribution in [0.4, 0.5) is 23.4 Å². The lowest BCUT2D eigenvalue weighted by Crippen LogP contribution is -2.44. The van der Waals surface area contributed by atoms with Crippen LogP contribution in [0.1, 0.15) is 43.6 Å². The normalized spacial score (nSPS) is 20.0. The van der Waals surface area contributed by atoms with Crippen LogP contribution in [-0.2, 0) is 28.3 Å². The molecular formula is C24H24F4N6O. The summed E-state index contributed by atoms with van der Waals surface area (Å²) in [7, 11) is 0. The van der Waals surface area contributed by atoms with Gasteiger partial charge in [0.1, 0.15) is 11.6 Å². The molecule has 1 unspecified atom stereocenters. The Bertz CT molecular complexity index is 1300. The fourth-order valence-electron chi connectivity index (χ4n) is 5.15. The number of anilines is 1. The third-order valence-corrected chi connectivity index (χ3v) is 7.19. The first-order chi connectivity index (χ1) is 16.4. The standard InChI is InChI=1S/C24H24F4N6O/c1-22(2,18-4-3-15(25)12-30-18)21(35)33-7-5-23(13-33)6-8-34-19(23)10-17(32-34)14-9-16(24(26,27)28)20(29)31-11-14/h3-4,9-12H,5-8,13H2,1-2H3,(H2,29,31). The summed E-state index contributed by atoms with van der Waals surface area (Å²) in [4.78, 5) is 23.0. The highest BCUT2D eigenvalue weighted by atomic mass is 19.4. The number of fused-ring (bicyclic) bond motifs is 2. The van der Waals surface area contributed by atoms with Gasteiger partial charge >= 0.3 is 6.18 Å². The van der Waals surface area contributed by atoms with E-state index in [1.54, 1.807) is 29.5 Å². The monoisotopic (exact) mass is 488 g/mol. The minimum atomic E-state index is -4.62. The average Bonchev–Trinajstić information content (AvgIpc) is 3.50. The van der Waals surface area contributed by atoms with Gasteiger partial charge in [-0.2, -0.15) is 18.3 Å². The van der Waals surface area contributed by atoms with Crippen LogP contribution in [0.25, 0.3) is 11.3 Å². The van der Waals surface area contributed by atoms with Gasteiger partial charge in [0.2, 0.25) is 5.91 Å². The van der Waals surface area contributed by atoms with E-state index in [1.165, 1.54) is 18.3 Å². The number of nitrogen functional groups attached to an aromatic ring is 1. The third kappa shape index (κ3) is 3.82. The number of amides is 1. The first kappa shape index (κ1) is 23.3. The van der Waals surface area contributed by atoms with Crippen LogP contribution in [-0.4, -0.2) is 43.6 Å². The largest absolute Gasteiger partial charge is 0.419 e. The van der Waals surface area contributed by atoms with Gasteiger partial charge < -0.3 is 10.6 Å². The van der Waals surface area contributed by atoms with Crippen molar-refractivity contribution in [3.05, 3.63) is 59.4 Å². The zero-order valence-electron chi connectivity index (χ0n) is 19.2. The number of carbonyl (C=O) groups is 1. The highest BCUT2D eigenvalue weighted by Crippen LogP contribution is 2.45. The molecule has 35 heavy (non-hydrogen) atoms. The molecule has 3 aromatic heterocycles. The number of halogens is 4. The number of aromatic nitrogens is 4. The van der Waals surface area contributed by atoms with E-state index in [0.717, 1.165) is 24.4 Å². The summed E-state index contributed by atoms with van der Waals surface area (Å²) >= 11 is 0. The zero-order valence-corrected chi connectivity index (χ0v) is 19.2. The van der Waals surface area contributed by atoms with Crippen molar-refractivity contribution in [3.63, 3.8) is 0 Å². The molecule has 1 spiro atoms. The highest BCUT2D eigenvalue weighted by Gasteiger charge is 2.49. The molecular weight excluding hydrogens is 464 g/mol. The summed E-state index contributed by atoms with van der Waals surface area (Å²) in [6, 6.07) is 5.57. The molecule has 1 amide bonds. The van der Waals surface area contributed by atoms with E-state index in [9.17, 15) is 22.4 Å². The van der Waals surface area contributed by atoms with Crippen molar-refractivity contribution >= 4 is 11.7 Å². The molecule has 0 radical (unpaired) electrons. The van der Waals surface area contributed by atoms with Crippen molar-refractivity contribution in [3.8, 4) is 11.3 Å². The first-order valence-corrected chi connectivity index (χ1v) is 11.2. The van der Waals surface area contributed by atoms with Crippen molar-refractivity contribution < 1.29 is 22.4 Å². The Balaban J connectivity index is 1.41. The fourth-order valence-corrected chi connectivity index (χ4v) is 5.15. The van der Waals surface area contributed by atoms with Gasteiger partial charge in [-0.25, -0.2) is 9.37 Å². The molecule has 7 nitrogen and oxygen atoms in total. The minimum Gasteiger partial charge on any atom is -0.383 e. The number of aryl methyl sites for hydroxylation is 1. The lowest BCUT2D eigenvalue weighted by atomic mass is 9.82. The maximum absolute atomic E-state index is 13.4. The number of likely N-dealkylation sites (tertiary alicyclic amines) is 1. The Labute approximate surface area is 199 Å². The smallest absolute Gasteiger partial charge is 0.383 e. The van der Waals surface area contributed by atoms with E-state index in [0.29, 0.717) is 37.4 Å². The SMILES string of the molecule is CC(C)(C(=O)N1CCC2(CCn3nc(-c4cnc(N)c(C(F)(F)F)c4)cc32)C1)c1ccc(F)cn1. The molecule has 5 rings (SSSR count). The van der Waals surface area contributed by atoms with E-state index in [4.69, 9.17) is 5.73 Å². The molecule has 1 fully saturated rings. The Morgan fingerprint density at radius 3 is 2.51 bits per heavy atom. The molecule has 2 aliphatic heterocycles. The summed E-state index contributed by atoms with van der Waals surface area (Å²) in [5.74, 6) is -1.15. The predicted octanol–water partition coefficient (Wildman–Crippen LogP) is 3.93. The Hall–Kier alpha value is -3.50. The minimum absolute atomic E-state index is 0.107. The molecule has 2 aliphatic rings. The predicted molar refractivity (Wildman–Crippen MR) is 120 cm³/mol. The van der Waals surface area contributed by atoms with Crippen molar-refractivity contribution in [1.82, 2.24) is 24.6 Å². The lowest BCUT2D eigenvalue weighted by Gasteiger charge is -2.30. The number of nitrogens with two attached hydrogens (primary N) is 1. The molecule has 0 bridgehead atoms. The summed E-state index contributed by atoms with van der Waals surface area (Å²) in [6.45, 7) is 5.14. The average molecular weight is 488 g/mol. The van der Waals surface area contributed by atoms with Gasteiger partial charge in [-0.15, -0.1) is 0 Å². The maximum Gasteiger partial charge on any atom is 0.419 e. The Morgan fingerprint density at radius 1 is 1.09 bits per heavy atom. The molecule has 5 heterocycles. The van der Waals surface area contributed by atoms with E-state index in [1.807, 2.05) is 0 Å². The number of rotatable bonds is 3. The second-order valence-corrected chi connectivity index (χ2v) is 9.79. The van der Waals surface area contributed by atoms with Gasteiger partial charge in [-0.1, -0.05) is 0 Å². The molecule has 0 saturated carbocycles. The Kier molecular flexibility index (Phi) is 5.15. The molecule has 1 atom stereocenters. The highest BCUT2D eigenvalue weighted by molar-refractivity contribution is 5.87. The topological polar surface area (TPSA) is 89.9 Å². The number of hydrogen-bond acceptors (Lipinski definition) is 5. The lowest BCUT2D eigenvalue weighted by molar-refractivity contribution is -0.137. The van der Waals surface area contributed by atoms with Crippen LogP contribution in [0.2, 0.25) is 0 Å². The number of carbonyl (C=O) groups excluding carboxylic acids is 1. The van der Waals surface area contributed by atoms with E-state index >= 15 is 0 Å². The van der Waals surface area contributed by atoms with Gasteiger partial charge in [0, 0.05) is 42.5 Å². The summed E-state index contributed by atoms with van der Waals surface area (Å²) in [5.41, 5.74) is 5.17. The van der Waals surface area contributed by atoms with Crippen LogP contribution >= 0.6 is 0 Å². The van der Waals surface area contributed by atoms with Gasteiger partial charge in [-0.3, -0.25) is 14.5 Å². The van der Waals surface area contributed by atoms with Crippen molar-refractivity contribution in [2.75, 3.05) is 18.8 Å². The van der Waals surface area contributed by atoms with Gasteiger partial charge in [0.15, 0.2) is 0 Å². The Morgan fingerprint density at radius 2 is 1.83 bits per heavy atom. The van der Waals surface area contributed by atoms with Crippen molar-refractivity contribution in [2.24, 2.45) is 0 Å². The van der Waals surface area contributed by atoms with Crippen LogP contribution in [0, 0.1) is 5.82 Å². The second-order valence-electron chi connectivity index (χ2n) is 9.79. The van der Waals surface area contributed by atoms with Crippen molar-refractivity contribution in [1.29, 1.82) is 0 Å². The van der Waals surface area contributed by atoms with E-state index in [2.05, 4.69) is 15.1 Å². The van der Waals surface area contributed by atoms with Crippen LogP contribution < -0.4 is 5.73 Å². The van der Waals surface area contributed by atoms with Crippen molar-refractivity contribution in [2.45, 2.75) is 50.2 Å². The summed E-state index contributed by atoms with van der Waals surface area (Å²) in [6.07, 6.45) is -0.733. The summed E-state index contributed by atoms with van der Waals surface area (Å²) < 4.78 is 55.0. The van der Waals surface area contributed by atoms with Crippen LogP contribution in [0.15, 0.2) is 36.7 Å². The quantitative estimate of drug-likeness (QED) is 0.565. The van der Waals surface area contributed by atoms with E-state index in [-0.39, 0.29) is 16.9 Å². The summed E-state index contributed by atoms with van der Waals surface area (Å²) in [5, 5.41) is 4.53. The molecule has 3 aromatic rings. The molecule has 11 heteroatoms. The van der Waals surface area contributed by atoms with E-state index < -0.39 is 28.8 Å². The maximum atomic E-state index is 13.4. The van der Waals surface area contributed by atoms with Crippen LogP contribution in [0.3, 0.4) is 0 Å². The number of nitrogens with zero attached hydrogens (tertiary/aromatic N) is 5. The van der Waals surface area contributed by atoms with Gasteiger partial charge in [0.05, 0.1) is 28.6 Å². The van der Waals surface area contributed by atoms with Gasteiger partial charge in [-0.05, 0) is 51.0 Å². The number of pyridine rings is 2. The number of alkyl halides is 3. The molecule has 0 aliphatic carbocycles. The zero-order chi connectivity index (χ0) is 25.2.